The summed E-state index contributed by atoms with van der Waals surface area (Å²) in [4.78, 5) is 9.22. The van der Waals surface area contributed by atoms with Gasteiger partial charge >= 0.3 is 0 Å². The number of halogens is 1. The molecule has 0 amide bonds. The van der Waals surface area contributed by atoms with Crippen LogP contribution < -0.4 is 5.32 Å². The Labute approximate surface area is 144 Å². The second-order valence-corrected chi connectivity index (χ2v) is 5.73. The van der Waals surface area contributed by atoms with Crippen LogP contribution in [0.5, 0.6) is 0 Å². The van der Waals surface area contributed by atoms with Crippen LogP contribution in [0.2, 0.25) is 0 Å². The molecule has 1 fully saturated rings. The molecule has 3 rings (SSSR count). The first-order valence-corrected chi connectivity index (χ1v) is 7.61. The van der Waals surface area contributed by atoms with Crippen LogP contribution in [-0.4, -0.2) is 49.0 Å². The van der Waals surface area contributed by atoms with Gasteiger partial charge in [-0.15, -0.1) is 24.0 Å². The molecule has 0 unspecified atom stereocenters. The molecule has 1 saturated heterocycles. The maximum atomic E-state index is 4.49. The van der Waals surface area contributed by atoms with Crippen LogP contribution in [0.1, 0.15) is 24.0 Å². The van der Waals surface area contributed by atoms with E-state index in [-0.39, 0.29) is 24.0 Å². The Balaban J connectivity index is 0.00000161. The zero-order chi connectivity index (χ0) is 13.8. The maximum absolute atomic E-state index is 4.49. The van der Waals surface area contributed by atoms with E-state index in [1.165, 1.54) is 37.1 Å². The highest BCUT2D eigenvalue weighted by molar-refractivity contribution is 14.0. The van der Waals surface area contributed by atoms with Crippen LogP contribution in [0, 0.1) is 0 Å². The Morgan fingerprint density at radius 2 is 1.81 bits per heavy atom. The van der Waals surface area contributed by atoms with E-state index in [1.54, 1.807) is 0 Å². The lowest BCUT2D eigenvalue weighted by Gasteiger charge is -2.19. The Morgan fingerprint density at radius 3 is 2.48 bits per heavy atom. The van der Waals surface area contributed by atoms with Gasteiger partial charge in [0.2, 0.25) is 0 Å². The van der Waals surface area contributed by atoms with Crippen molar-refractivity contribution in [2.24, 2.45) is 4.99 Å². The second-order valence-electron chi connectivity index (χ2n) is 5.73. The minimum atomic E-state index is 0. The highest BCUT2D eigenvalue weighted by Gasteiger charge is 2.15. The van der Waals surface area contributed by atoms with Gasteiger partial charge in [0, 0.05) is 26.7 Å². The lowest BCUT2D eigenvalue weighted by molar-refractivity contribution is 0.330. The first-order valence-electron chi connectivity index (χ1n) is 7.61. The Morgan fingerprint density at radius 1 is 1.10 bits per heavy atom. The summed E-state index contributed by atoms with van der Waals surface area (Å²) in [5, 5.41) is 3.47. The summed E-state index contributed by atoms with van der Waals surface area (Å²) in [6.45, 7) is 6.38. The van der Waals surface area contributed by atoms with Crippen LogP contribution in [0.15, 0.2) is 29.3 Å². The van der Waals surface area contributed by atoms with E-state index in [4.69, 9.17) is 0 Å². The van der Waals surface area contributed by atoms with Crippen molar-refractivity contribution in [3.8, 4) is 0 Å². The number of nitrogens with one attached hydrogen (secondary N) is 1. The molecule has 21 heavy (non-hydrogen) atoms. The van der Waals surface area contributed by atoms with E-state index >= 15 is 0 Å². The van der Waals surface area contributed by atoms with Gasteiger partial charge < -0.3 is 10.2 Å². The average molecular weight is 400 g/mol. The molecule has 0 atom stereocenters. The molecule has 1 aromatic carbocycles. The standard InChI is InChI=1S/C16H24N4.HI/c1-19-11-8-17-16(19)18-12-14-6-2-3-7-15(14)13-20-9-4-5-10-20;/h2-3,6-7H,4-5,8-13H2,1H3,(H,17,18);1H. The number of benzene rings is 1. The Bertz CT molecular complexity index is 483. The zero-order valence-electron chi connectivity index (χ0n) is 12.7. The van der Waals surface area contributed by atoms with Crippen molar-refractivity contribution in [3.05, 3.63) is 35.4 Å². The van der Waals surface area contributed by atoms with Gasteiger partial charge in [-0.3, -0.25) is 9.89 Å². The molecule has 1 N–H and O–H groups in total. The molecule has 0 saturated carbocycles. The smallest absolute Gasteiger partial charge is 0.194 e. The van der Waals surface area contributed by atoms with Crippen molar-refractivity contribution in [1.29, 1.82) is 0 Å². The number of hydrogen-bond donors (Lipinski definition) is 1. The molecule has 2 aliphatic heterocycles. The van der Waals surface area contributed by atoms with E-state index < -0.39 is 0 Å². The van der Waals surface area contributed by atoms with Crippen LogP contribution >= 0.6 is 24.0 Å². The largest absolute Gasteiger partial charge is 0.352 e. The van der Waals surface area contributed by atoms with Gasteiger partial charge in [0.15, 0.2) is 5.96 Å². The van der Waals surface area contributed by atoms with Gasteiger partial charge in [-0.1, -0.05) is 24.3 Å². The molecule has 0 aliphatic carbocycles. The number of likely N-dealkylation sites (N-methyl/N-ethyl adjacent to an activating group) is 1. The first-order chi connectivity index (χ1) is 9.83. The molecule has 0 radical (unpaired) electrons. The quantitative estimate of drug-likeness (QED) is 0.787. The third kappa shape index (κ3) is 4.32. The van der Waals surface area contributed by atoms with Crippen molar-refractivity contribution in [2.75, 3.05) is 33.2 Å². The van der Waals surface area contributed by atoms with Crippen LogP contribution in [0.3, 0.4) is 0 Å². The number of rotatable bonds is 4. The highest BCUT2D eigenvalue weighted by Crippen LogP contribution is 2.16. The van der Waals surface area contributed by atoms with E-state index in [2.05, 4.69) is 51.4 Å². The first kappa shape index (κ1) is 16.5. The van der Waals surface area contributed by atoms with Gasteiger partial charge in [-0.2, -0.15) is 0 Å². The lowest BCUT2D eigenvalue weighted by atomic mass is 10.1. The number of guanidine groups is 1. The summed E-state index contributed by atoms with van der Waals surface area (Å²) in [5.74, 6) is 1.03. The summed E-state index contributed by atoms with van der Waals surface area (Å²) >= 11 is 0. The fourth-order valence-corrected chi connectivity index (χ4v) is 2.96. The van der Waals surface area contributed by atoms with Crippen molar-refractivity contribution in [2.45, 2.75) is 25.9 Å². The fraction of sp³-hybridized carbons (Fsp3) is 0.562. The number of likely N-dealkylation sites (tertiary alicyclic amines) is 1. The average Bonchev–Trinajstić information content (AvgIpc) is 3.10. The van der Waals surface area contributed by atoms with Crippen molar-refractivity contribution >= 4 is 29.9 Å². The third-order valence-electron chi connectivity index (χ3n) is 4.21. The van der Waals surface area contributed by atoms with Crippen LogP contribution in [0.4, 0.5) is 0 Å². The summed E-state index contributed by atoms with van der Waals surface area (Å²) in [5.41, 5.74) is 2.84. The normalized spacial score (nSPS) is 18.5. The monoisotopic (exact) mass is 400 g/mol. The lowest BCUT2D eigenvalue weighted by Crippen LogP contribution is -2.35. The van der Waals surface area contributed by atoms with E-state index in [0.717, 1.165) is 32.1 Å². The molecule has 5 heteroatoms. The molecule has 1 aromatic rings. The zero-order valence-corrected chi connectivity index (χ0v) is 15.0. The molecule has 2 heterocycles. The summed E-state index contributed by atoms with van der Waals surface area (Å²) in [6, 6.07) is 8.77. The van der Waals surface area contributed by atoms with Crippen molar-refractivity contribution < 1.29 is 0 Å². The molecule has 2 aliphatic rings. The van der Waals surface area contributed by atoms with E-state index in [9.17, 15) is 0 Å². The van der Waals surface area contributed by atoms with E-state index in [1.807, 2.05) is 0 Å². The minimum Gasteiger partial charge on any atom is -0.352 e. The van der Waals surface area contributed by atoms with Gasteiger partial charge in [0.1, 0.15) is 0 Å². The maximum Gasteiger partial charge on any atom is 0.194 e. The van der Waals surface area contributed by atoms with Crippen molar-refractivity contribution in [3.63, 3.8) is 0 Å². The molecule has 0 spiro atoms. The Hall–Kier alpha value is -0.820. The number of nitrogens with zero attached hydrogens (tertiary/aromatic N) is 3. The predicted octanol–water partition coefficient (Wildman–Crippen LogP) is 2.29. The molecular formula is C16H25IN4. The van der Waals surface area contributed by atoms with Gasteiger partial charge in [-0.05, 0) is 37.1 Å². The second kappa shape index (κ2) is 7.98. The SMILES string of the molecule is CN1CCN=C1NCc1ccccc1CN1CCCC1.I. The van der Waals surface area contributed by atoms with E-state index in [0.29, 0.717) is 0 Å². The van der Waals surface area contributed by atoms with Gasteiger partial charge in [0.25, 0.3) is 0 Å². The summed E-state index contributed by atoms with van der Waals surface area (Å²) in [7, 11) is 2.09. The molecule has 0 aromatic heterocycles. The molecule has 116 valence electrons. The van der Waals surface area contributed by atoms with Gasteiger partial charge in [-0.25, -0.2) is 0 Å². The van der Waals surface area contributed by atoms with Crippen LogP contribution in [0.25, 0.3) is 0 Å². The summed E-state index contributed by atoms with van der Waals surface area (Å²) < 4.78 is 0. The summed E-state index contributed by atoms with van der Waals surface area (Å²) in [6.07, 6.45) is 2.70. The molecule has 4 nitrogen and oxygen atoms in total. The van der Waals surface area contributed by atoms with Crippen molar-refractivity contribution in [1.82, 2.24) is 15.1 Å². The topological polar surface area (TPSA) is 30.9 Å². The highest BCUT2D eigenvalue weighted by atomic mass is 127. The third-order valence-corrected chi connectivity index (χ3v) is 4.21. The van der Waals surface area contributed by atoms with Crippen LogP contribution in [-0.2, 0) is 13.1 Å². The number of aliphatic imine (C=N–C) groups is 1. The Kier molecular flexibility index (Phi) is 6.29. The predicted molar refractivity (Wildman–Crippen MR) is 98.1 cm³/mol. The number of hydrogen-bond acceptors (Lipinski definition) is 4. The molecular weight excluding hydrogens is 375 g/mol. The minimum absolute atomic E-state index is 0. The molecule has 0 bridgehead atoms. The fourth-order valence-electron chi connectivity index (χ4n) is 2.96. The van der Waals surface area contributed by atoms with Gasteiger partial charge in [0.05, 0.1) is 6.54 Å².